The number of carbonyl (C=O) groups is 1. The third-order valence-corrected chi connectivity index (χ3v) is 3.39. The largest absolute Gasteiger partial charge is 0.383 e. The minimum absolute atomic E-state index is 0.0180. The van der Waals surface area contributed by atoms with E-state index >= 15 is 0 Å². The molecule has 1 amide bonds. The molecule has 0 spiro atoms. The van der Waals surface area contributed by atoms with Gasteiger partial charge in [-0.25, -0.2) is 0 Å². The lowest BCUT2D eigenvalue weighted by atomic mass is 10.0. The van der Waals surface area contributed by atoms with Gasteiger partial charge in [-0.3, -0.25) is 4.79 Å². The Morgan fingerprint density at radius 2 is 2.10 bits per heavy atom. The van der Waals surface area contributed by atoms with Crippen molar-refractivity contribution in [3.8, 4) is 0 Å². The Kier molecular flexibility index (Phi) is 6.82. The summed E-state index contributed by atoms with van der Waals surface area (Å²) in [5.41, 5.74) is 1.54. The SMILES string of the molecule is CCC(=O)Nc1ccc(Cl)c(NC(COC)C(C)C)c1. The predicted molar refractivity (Wildman–Crippen MR) is 84.5 cm³/mol. The zero-order chi connectivity index (χ0) is 15.1. The molecule has 0 aliphatic heterocycles. The molecule has 1 unspecified atom stereocenters. The molecule has 0 bridgehead atoms. The number of halogens is 1. The Bertz CT molecular complexity index is 449. The molecule has 4 nitrogen and oxygen atoms in total. The molecule has 0 heterocycles. The molecule has 1 atom stereocenters. The summed E-state index contributed by atoms with van der Waals surface area (Å²) in [4.78, 5) is 11.4. The van der Waals surface area contributed by atoms with Crippen molar-refractivity contribution in [2.75, 3.05) is 24.4 Å². The second-order valence-electron chi connectivity index (χ2n) is 5.05. The predicted octanol–water partition coefficient (Wildman–Crippen LogP) is 3.77. The number of carbonyl (C=O) groups excluding carboxylic acids is 1. The van der Waals surface area contributed by atoms with Crippen molar-refractivity contribution in [1.29, 1.82) is 0 Å². The smallest absolute Gasteiger partial charge is 0.224 e. The van der Waals surface area contributed by atoms with E-state index in [1.807, 2.05) is 13.0 Å². The monoisotopic (exact) mass is 298 g/mol. The van der Waals surface area contributed by atoms with Crippen molar-refractivity contribution < 1.29 is 9.53 Å². The summed E-state index contributed by atoms with van der Waals surface area (Å²) >= 11 is 6.20. The van der Waals surface area contributed by atoms with Gasteiger partial charge in [0.1, 0.15) is 0 Å². The van der Waals surface area contributed by atoms with Crippen LogP contribution in [-0.2, 0) is 9.53 Å². The van der Waals surface area contributed by atoms with Gasteiger partial charge >= 0.3 is 0 Å². The van der Waals surface area contributed by atoms with Crippen LogP contribution in [0.5, 0.6) is 0 Å². The zero-order valence-electron chi connectivity index (χ0n) is 12.5. The molecule has 2 N–H and O–H groups in total. The summed E-state index contributed by atoms with van der Waals surface area (Å²) < 4.78 is 5.21. The fourth-order valence-corrected chi connectivity index (χ4v) is 1.92. The number of nitrogens with one attached hydrogen (secondary N) is 2. The molecule has 0 radical (unpaired) electrons. The lowest BCUT2D eigenvalue weighted by molar-refractivity contribution is -0.115. The number of hydrogen-bond acceptors (Lipinski definition) is 3. The van der Waals surface area contributed by atoms with Gasteiger partial charge in [0.2, 0.25) is 5.91 Å². The number of anilines is 2. The fourth-order valence-electron chi connectivity index (χ4n) is 1.74. The van der Waals surface area contributed by atoms with Gasteiger partial charge in [0.25, 0.3) is 0 Å². The van der Waals surface area contributed by atoms with Crippen LogP contribution >= 0.6 is 11.6 Å². The van der Waals surface area contributed by atoms with Crippen molar-refractivity contribution in [1.82, 2.24) is 0 Å². The lowest BCUT2D eigenvalue weighted by Crippen LogP contribution is -2.30. The third kappa shape index (κ3) is 5.02. The minimum Gasteiger partial charge on any atom is -0.383 e. The summed E-state index contributed by atoms with van der Waals surface area (Å²) in [5.74, 6) is 0.385. The van der Waals surface area contributed by atoms with Crippen LogP contribution in [0.4, 0.5) is 11.4 Å². The molecular weight excluding hydrogens is 276 g/mol. The molecule has 5 heteroatoms. The average molecular weight is 299 g/mol. The van der Waals surface area contributed by atoms with Crippen molar-refractivity contribution in [2.24, 2.45) is 5.92 Å². The molecule has 1 aromatic rings. The van der Waals surface area contributed by atoms with Crippen molar-refractivity contribution >= 4 is 28.9 Å². The Morgan fingerprint density at radius 3 is 2.65 bits per heavy atom. The number of rotatable bonds is 7. The molecule has 0 fully saturated rings. The minimum atomic E-state index is -0.0180. The van der Waals surface area contributed by atoms with Crippen LogP contribution in [0.1, 0.15) is 27.2 Å². The van der Waals surface area contributed by atoms with Crippen molar-refractivity contribution in [3.63, 3.8) is 0 Å². The van der Waals surface area contributed by atoms with E-state index in [0.717, 1.165) is 11.4 Å². The molecule has 112 valence electrons. The van der Waals surface area contributed by atoms with Gasteiger partial charge in [0, 0.05) is 19.2 Å². The van der Waals surface area contributed by atoms with Crippen LogP contribution in [0.25, 0.3) is 0 Å². The van der Waals surface area contributed by atoms with Gasteiger partial charge in [-0.15, -0.1) is 0 Å². The maximum atomic E-state index is 11.4. The van der Waals surface area contributed by atoms with Gasteiger partial charge < -0.3 is 15.4 Å². The Labute approximate surface area is 125 Å². The van der Waals surface area contributed by atoms with E-state index < -0.39 is 0 Å². The molecular formula is C15H23ClN2O2. The molecule has 0 aromatic heterocycles. The second-order valence-corrected chi connectivity index (χ2v) is 5.45. The summed E-state index contributed by atoms with van der Waals surface area (Å²) in [6.45, 7) is 6.65. The second kappa shape index (κ2) is 8.12. The number of amides is 1. The maximum absolute atomic E-state index is 11.4. The molecule has 0 saturated heterocycles. The van der Waals surface area contributed by atoms with E-state index in [4.69, 9.17) is 16.3 Å². The molecule has 0 aliphatic rings. The summed E-state index contributed by atoms with van der Waals surface area (Å²) in [7, 11) is 1.68. The van der Waals surface area contributed by atoms with E-state index in [1.54, 1.807) is 19.2 Å². The Morgan fingerprint density at radius 1 is 1.40 bits per heavy atom. The van der Waals surface area contributed by atoms with Crippen molar-refractivity contribution in [3.05, 3.63) is 23.2 Å². The number of hydrogen-bond donors (Lipinski definition) is 2. The summed E-state index contributed by atoms with van der Waals surface area (Å²) in [5, 5.41) is 6.82. The van der Waals surface area contributed by atoms with Crippen molar-refractivity contribution in [2.45, 2.75) is 33.2 Å². The number of methoxy groups -OCH3 is 1. The maximum Gasteiger partial charge on any atom is 0.224 e. The van der Waals surface area contributed by atoms with Crippen LogP contribution in [0, 0.1) is 5.92 Å². The van der Waals surface area contributed by atoms with Gasteiger partial charge in [-0.2, -0.15) is 0 Å². The first kappa shape index (κ1) is 16.8. The van der Waals surface area contributed by atoms with Gasteiger partial charge in [-0.1, -0.05) is 32.4 Å². The molecule has 0 aliphatic carbocycles. The van der Waals surface area contributed by atoms with E-state index in [9.17, 15) is 4.79 Å². The van der Waals surface area contributed by atoms with Gasteiger partial charge in [-0.05, 0) is 24.1 Å². The quantitative estimate of drug-likeness (QED) is 0.805. The van der Waals surface area contributed by atoms with E-state index in [1.165, 1.54) is 0 Å². The highest BCUT2D eigenvalue weighted by atomic mass is 35.5. The number of ether oxygens (including phenoxy) is 1. The molecule has 20 heavy (non-hydrogen) atoms. The number of benzene rings is 1. The molecule has 0 saturated carbocycles. The summed E-state index contributed by atoms with van der Waals surface area (Å²) in [6.07, 6.45) is 0.448. The average Bonchev–Trinajstić information content (AvgIpc) is 2.41. The Balaban J connectivity index is 2.87. The molecule has 1 aromatic carbocycles. The van der Waals surface area contributed by atoms with Crippen LogP contribution in [0.2, 0.25) is 5.02 Å². The fraction of sp³-hybridized carbons (Fsp3) is 0.533. The van der Waals surface area contributed by atoms with Gasteiger partial charge in [0.15, 0.2) is 0 Å². The van der Waals surface area contributed by atoms with E-state index in [2.05, 4.69) is 24.5 Å². The zero-order valence-corrected chi connectivity index (χ0v) is 13.3. The lowest BCUT2D eigenvalue weighted by Gasteiger charge is -2.23. The first-order valence-corrected chi connectivity index (χ1v) is 7.20. The van der Waals surface area contributed by atoms with Crippen LogP contribution in [0.15, 0.2) is 18.2 Å². The first-order valence-electron chi connectivity index (χ1n) is 6.82. The van der Waals surface area contributed by atoms with Gasteiger partial charge in [0.05, 0.1) is 23.4 Å². The third-order valence-electron chi connectivity index (χ3n) is 3.06. The van der Waals surface area contributed by atoms with E-state index in [-0.39, 0.29) is 11.9 Å². The van der Waals surface area contributed by atoms with Crippen LogP contribution in [-0.4, -0.2) is 25.7 Å². The van der Waals surface area contributed by atoms with E-state index in [0.29, 0.717) is 24.0 Å². The highest BCUT2D eigenvalue weighted by molar-refractivity contribution is 6.33. The van der Waals surface area contributed by atoms with Crippen LogP contribution < -0.4 is 10.6 Å². The first-order chi connectivity index (χ1) is 9.47. The Hall–Kier alpha value is -1.26. The molecule has 1 rings (SSSR count). The highest BCUT2D eigenvalue weighted by Gasteiger charge is 2.14. The van der Waals surface area contributed by atoms with Crippen LogP contribution in [0.3, 0.4) is 0 Å². The normalized spacial score (nSPS) is 12.3. The topological polar surface area (TPSA) is 50.4 Å². The summed E-state index contributed by atoms with van der Waals surface area (Å²) in [6, 6.07) is 5.58. The standard InChI is InChI=1S/C15H23ClN2O2/c1-5-15(19)17-11-6-7-12(16)13(8-11)18-14(9-20-4)10(2)3/h6-8,10,14,18H,5,9H2,1-4H3,(H,17,19). The highest BCUT2D eigenvalue weighted by Crippen LogP contribution is 2.27.